The van der Waals surface area contributed by atoms with E-state index < -0.39 is 0 Å². The lowest BCUT2D eigenvalue weighted by Gasteiger charge is -2.19. The fraction of sp³-hybridized carbons (Fsp3) is 0.500. The SMILES string of the molecule is CCCCCCCCCCCCn1cc[n+](CC(OCc2ccc(Cl)cc2Cl)c2ccc(Cl)cc2Cl)c1.[Br-]. The summed E-state index contributed by atoms with van der Waals surface area (Å²) in [5, 5.41) is 2.38. The Morgan fingerprint density at radius 1 is 0.789 bits per heavy atom. The monoisotopic (exact) mass is 662 g/mol. The van der Waals surface area contributed by atoms with Crippen LogP contribution in [0, 0.1) is 0 Å². The Morgan fingerprint density at radius 3 is 2.03 bits per heavy atom. The van der Waals surface area contributed by atoms with E-state index in [1.165, 1.54) is 64.2 Å². The summed E-state index contributed by atoms with van der Waals surface area (Å²) in [5.41, 5.74) is 1.77. The van der Waals surface area contributed by atoms with Crippen molar-refractivity contribution in [3.63, 3.8) is 0 Å². The molecule has 0 amide bonds. The Morgan fingerprint density at radius 2 is 1.39 bits per heavy atom. The highest BCUT2D eigenvalue weighted by Crippen LogP contribution is 2.31. The smallest absolute Gasteiger partial charge is 0.243 e. The molecule has 8 heteroatoms. The molecule has 3 nitrogen and oxygen atoms in total. The van der Waals surface area contributed by atoms with Gasteiger partial charge in [-0.3, -0.25) is 0 Å². The number of halogens is 5. The Bertz CT molecular complexity index is 1090. The second-order valence-corrected chi connectivity index (χ2v) is 11.4. The summed E-state index contributed by atoms with van der Waals surface area (Å²) in [4.78, 5) is 0. The maximum absolute atomic E-state index is 6.56. The van der Waals surface area contributed by atoms with Crippen LogP contribution in [0.1, 0.15) is 88.4 Å². The highest BCUT2D eigenvalue weighted by molar-refractivity contribution is 6.35. The first-order valence-electron chi connectivity index (χ1n) is 13.5. The molecule has 2 aromatic carbocycles. The van der Waals surface area contributed by atoms with Crippen molar-refractivity contribution in [3.8, 4) is 0 Å². The van der Waals surface area contributed by atoms with Gasteiger partial charge in [0.15, 0.2) is 0 Å². The van der Waals surface area contributed by atoms with E-state index in [1.807, 2.05) is 24.3 Å². The van der Waals surface area contributed by atoms with Gasteiger partial charge in [-0.15, -0.1) is 0 Å². The summed E-state index contributed by atoms with van der Waals surface area (Å²) in [6.45, 7) is 4.27. The standard InChI is InChI=1S/C30H39Cl4N2O.BrH/c1-2-3-4-5-6-7-8-9-10-11-16-35-17-18-36(23-35)21-30(27-15-14-26(32)20-29(27)34)37-22-24-12-13-25(31)19-28(24)33;/h12-15,17-20,23,30H,2-11,16,21-22H2,1H3;1H/q+1;/p-1. The van der Waals surface area contributed by atoms with E-state index in [4.69, 9.17) is 51.1 Å². The van der Waals surface area contributed by atoms with Crippen LogP contribution in [-0.4, -0.2) is 4.57 Å². The lowest BCUT2D eigenvalue weighted by atomic mass is 10.1. The quantitative estimate of drug-likeness (QED) is 0.110. The van der Waals surface area contributed by atoms with Gasteiger partial charge < -0.3 is 21.7 Å². The Kier molecular flexibility index (Phi) is 16.3. The average molecular weight is 665 g/mol. The van der Waals surface area contributed by atoms with Crippen LogP contribution < -0.4 is 21.5 Å². The first-order valence-corrected chi connectivity index (χ1v) is 15.0. The lowest BCUT2D eigenvalue weighted by Crippen LogP contribution is -3.00. The van der Waals surface area contributed by atoms with E-state index in [0.717, 1.165) is 17.7 Å². The van der Waals surface area contributed by atoms with E-state index in [2.05, 4.69) is 34.8 Å². The van der Waals surface area contributed by atoms with Gasteiger partial charge in [0, 0.05) is 25.7 Å². The van der Waals surface area contributed by atoms with Crippen LogP contribution >= 0.6 is 46.4 Å². The summed E-state index contributed by atoms with van der Waals surface area (Å²) in [6, 6.07) is 11.0. The molecule has 3 rings (SSSR count). The summed E-state index contributed by atoms with van der Waals surface area (Å²) < 4.78 is 10.8. The van der Waals surface area contributed by atoms with Crippen molar-refractivity contribution in [2.75, 3.05) is 0 Å². The zero-order valence-corrected chi connectivity index (χ0v) is 26.8. The highest BCUT2D eigenvalue weighted by atomic mass is 79.9. The molecule has 210 valence electrons. The number of benzene rings is 2. The number of hydrogen-bond acceptors (Lipinski definition) is 1. The van der Waals surface area contributed by atoms with Crippen LogP contribution in [0.25, 0.3) is 0 Å². The molecule has 0 aliphatic heterocycles. The normalized spacial score (nSPS) is 11.9. The molecule has 3 aromatic rings. The molecular formula is C30H39BrCl4N2O. The van der Waals surface area contributed by atoms with Crippen LogP contribution in [0.4, 0.5) is 0 Å². The molecule has 0 aliphatic rings. The van der Waals surface area contributed by atoms with Crippen molar-refractivity contribution in [3.05, 3.63) is 86.3 Å². The number of aryl methyl sites for hydroxylation is 1. The zero-order valence-electron chi connectivity index (χ0n) is 22.2. The predicted molar refractivity (Wildman–Crippen MR) is 157 cm³/mol. The molecule has 1 heterocycles. The number of unbranched alkanes of at least 4 members (excludes halogenated alkanes) is 9. The molecule has 0 saturated heterocycles. The molecule has 0 N–H and O–H groups in total. The van der Waals surface area contributed by atoms with E-state index in [1.54, 1.807) is 12.1 Å². The molecule has 0 radical (unpaired) electrons. The van der Waals surface area contributed by atoms with Gasteiger partial charge in [-0.2, -0.15) is 0 Å². The third kappa shape index (κ3) is 11.8. The summed E-state index contributed by atoms with van der Waals surface area (Å²) in [5.74, 6) is 0. The molecule has 0 fully saturated rings. The number of aromatic nitrogens is 2. The van der Waals surface area contributed by atoms with Crippen molar-refractivity contribution < 1.29 is 26.3 Å². The first-order chi connectivity index (χ1) is 18.0. The van der Waals surface area contributed by atoms with Gasteiger partial charge in [0.2, 0.25) is 6.33 Å². The number of ether oxygens (including phenoxy) is 1. The van der Waals surface area contributed by atoms with Gasteiger partial charge >= 0.3 is 0 Å². The molecular weight excluding hydrogens is 626 g/mol. The topological polar surface area (TPSA) is 18.0 Å². The second-order valence-electron chi connectivity index (χ2n) is 9.73. The maximum atomic E-state index is 6.56. The van der Waals surface area contributed by atoms with Crippen LogP contribution in [0.15, 0.2) is 55.1 Å². The van der Waals surface area contributed by atoms with Gasteiger partial charge in [-0.05, 0) is 42.7 Å². The van der Waals surface area contributed by atoms with E-state index in [-0.39, 0.29) is 23.1 Å². The third-order valence-electron chi connectivity index (χ3n) is 6.66. The van der Waals surface area contributed by atoms with Crippen LogP contribution in [-0.2, 0) is 24.4 Å². The van der Waals surface area contributed by atoms with Crippen molar-refractivity contribution in [1.82, 2.24) is 4.57 Å². The third-order valence-corrected chi connectivity index (χ3v) is 7.81. The molecule has 1 aromatic heterocycles. The molecule has 0 saturated carbocycles. The fourth-order valence-electron chi connectivity index (χ4n) is 4.48. The number of rotatable bonds is 17. The fourth-order valence-corrected chi connectivity index (χ4v) is 5.48. The van der Waals surface area contributed by atoms with Crippen molar-refractivity contribution in [2.45, 2.75) is 96.9 Å². The van der Waals surface area contributed by atoms with Crippen molar-refractivity contribution in [2.24, 2.45) is 0 Å². The maximum Gasteiger partial charge on any atom is 0.243 e. The number of imidazole rings is 1. The Labute approximate surface area is 259 Å². The van der Waals surface area contributed by atoms with Gasteiger partial charge in [0.1, 0.15) is 25.0 Å². The minimum Gasteiger partial charge on any atom is -1.00 e. The summed E-state index contributed by atoms with van der Waals surface area (Å²) >= 11 is 25.1. The van der Waals surface area contributed by atoms with Gasteiger partial charge in [0.25, 0.3) is 0 Å². The summed E-state index contributed by atoms with van der Waals surface area (Å²) in [7, 11) is 0. The van der Waals surface area contributed by atoms with Crippen molar-refractivity contribution >= 4 is 46.4 Å². The van der Waals surface area contributed by atoms with E-state index in [0.29, 0.717) is 33.2 Å². The van der Waals surface area contributed by atoms with Crippen LogP contribution in [0.2, 0.25) is 20.1 Å². The average Bonchev–Trinajstić information content (AvgIpc) is 3.31. The highest BCUT2D eigenvalue weighted by Gasteiger charge is 2.20. The summed E-state index contributed by atoms with van der Waals surface area (Å²) in [6.07, 6.45) is 19.5. The first kappa shape index (κ1) is 33.5. The molecule has 1 unspecified atom stereocenters. The lowest BCUT2D eigenvalue weighted by molar-refractivity contribution is -0.704. The minimum absolute atomic E-state index is 0. The number of hydrogen-bond donors (Lipinski definition) is 0. The predicted octanol–water partition coefficient (Wildman–Crippen LogP) is 7.27. The largest absolute Gasteiger partial charge is 1.00 e. The van der Waals surface area contributed by atoms with E-state index in [9.17, 15) is 0 Å². The zero-order chi connectivity index (χ0) is 26.5. The van der Waals surface area contributed by atoms with Gasteiger partial charge in [-0.1, -0.05) is 117 Å². The van der Waals surface area contributed by atoms with Gasteiger partial charge in [-0.25, -0.2) is 9.13 Å². The minimum atomic E-state index is -0.269. The molecule has 38 heavy (non-hydrogen) atoms. The van der Waals surface area contributed by atoms with Gasteiger partial charge in [0.05, 0.1) is 13.2 Å². The molecule has 0 bridgehead atoms. The van der Waals surface area contributed by atoms with E-state index >= 15 is 0 Å². The molecule has 0 aliphatic carbocycles. The Balaban J connectivity index is 0.00000507. The second kappa shape index (κ2) is 18.6. The number of nitrogens with zero attached hydrogens (tertiary/aromatic N) is 2. The van der Waals surface area contributed by atoms with Crippen LogP contribution in [0.3, 0.4) is 0 Å². The molecule has 0 spiro atoms. The Hall–Kier alpha value is -0.750. The van der Waals surface area contributed by atoms with Crippen molar-refractivity contribution in [1.29, 1.82) is 0 Å². The molecule has 1 atom stereocenters. The van der Waals surface area contributed by atoms with Crippen LogP contribution in [0.5, 0.6) is 0 Å².